The lowest BCUT2D eigenvalue weighted by molar-refractivity contribution is -0.129. The minimum absolute atomic E-state index is 0. The Kier molecular flexibility index (Phi) is 4.91. The summed E-state index contributed by atoms with van der Waals surface area (Å²) in [6.45, 7) is 3.27. The zero-order valence-corrected chi connectivity index (χ0v) is 12.7. The average molecular weight is 302 g/mol. The molecule has 0 saturated carbocycles. The van der Waals surface area contributed by atoms with E-state index in [1.54, 1.807) is 4.90 Å². The molecule has 0 aliphatic carbocycles. The maximum Gasteiger partial charge on any atom is 0.225 e. The number of likely N-dealkylation sites (tertiary alicyclic amines) is 1. The summed E-state index contributed by atoms with van der Waals surface area (Å²) < 4.78 is 0. The number of carbonyl (C=O) groups is 2. The van der Waals surface area contributed by atoms with Gasteiger partial charge in [0.2, 0.25) is 11.8 Å². The van der Waals surface area contributed by atoms with Crippen LogP contribution in [0.3, 0.4) is 0 Å². The van der Waals surface area contributed by atoms with Crippen LogP contribution in [0.2, 0.25) is 0 Å². The van der Waals surface area contributed by atoms with Gasteiger partial charge in [0.25, 0.3) is 0 Å². The van der Waals surface area contributed by atoms with Gasteiger partial charge in [-0.15, -0.1) is 12.4 Å². The number of rotatable bonds is 3. The Morgan fingerprint density at radius 1 is 1.35 bits per heavy atom. The number of carbonyl (C=O) groups excluding carboxylic acids is 2. The van der Waals surface area contributed by atoms with E-state index in [2.05, 4.69) is 10.6 Å². The molecule has 0 aromatic rings. The van der Waals surface area contributed by atoms with Crippen molar-refractivity contribution in [1.82, 2.24) is 15.5 Å². The molecule has 2 N–H and O–H groups in total. The lowest BCUT2D eigenvalue weighted by Crippen LogP contribution is -2.49. The molecule has 3 saturated heterocycles. The maximum atomic E-state index is 12.2. The van der Waals surface area contributed by atoms with Gasteiger partial charge in [-0.2, -0.15) is 0 Å². The van der Waals surface area contributed by atoms with Crippen LogP contribution in [0.1, 0.15) is 39.0 Å². The van der Waals surface area contributed by atoms with Crippen LogP contribution in [0.4, 0.5) is 0 Å². The van der Waals surface area contributed by atoms with Gasteiger partial charge in [0.1, 0.15) is 0 Å². The molecule has 0 radical (unpaired) electrons. The highest BCUT2D eigenvalue weighted by Gasteiger charge is 2.37. The van der Waals surface area contributed by atoms with Gasteiger partial charge in [-0.1, -0.05) is 0 Å². The van der Waals surface area contributed by atoms with Gasteiger partial charge in [-0.05, 0) is 32.6 Å². The molecule has 3 heterocycles. The van der Waals surface area contributed by atoms with Crippen molar-refractivity contribution < 1.29 is 9.59 Å². The largest absolute Gasteiger partial charge is 0.353 e. The SMILES string of the molecule is CCN1CC(C(=O)NC2CC3CCC(C2)N3)CC1=O.Cl. The Balaban J connectivity index is 0.00000147. The fourth-order valence-electron chi connectivity index (χ4n) is 3.75. The lowest BCUT2D eigenvalue weighted by atomic mass is 9.98. The average Bonchev–Trinajstić information content (AvgIpc) is 2.92. The van der Waals surface area contributed by atoms with Crippen molar-refractivity contribution in [2.75, 3.05) is 13.1 Å². The first-order chi connectivity index (χ1) is 9.15. The predicted octanol–water partition coefficient (Wildman–Crippen LogP) is 0.676. The number of fused-ring (bicyclic) bond motifs is 2. The van der Waals surface area contributed by atoms with Gasteiger partial charge in [0.15, 0.2) is 0 Å². The van der Waals surface area contributed by atoms with Crippen LogP contribution < -0.4 is 10.6 Å². The first-order valence-electron chi connectivity index (χ1n) is 7.50. The molecule has 3 aliphatic rings. The molecule has 3 atom stereocenters. The van der Waals surface area contributed by atoms with E-state index in [1.165, 1.54) is 12.8 Å². The van der Waals surface area contributed by atoms with Crippen molar-refractivity contribution in [1.29, 1.82) is 0 Å². The van der Waals surface area contributed by atoms with E-state index >= 15 is 0 Å². The molecule has 2 amide bonds. The summed E-state index contributed by atoms with van der Waals surface area (Å²) in [5.74, 6) is 0.0589. The Bertz CT molecular complexity index is 379. The monoisotopic (exact) mass is 301 g/mol. The number of halogens is 1. The van der Waals surface area contributed by atoms with Crippen LogP contribution in [0.15, 0.2) is 0 Å². The summed E-state index contributed by atoms with van der Waals surface area (Å²) in [6.07, 6.45) is 4.95. The second-order valence-electron chi connectivity index (χ2n) is 6.15. The van der Waals surface area contributed by atoms with Crippen molar-refractivity contribution in [3.05, 3.63) is 0 Å². The van der Waals surface area contributed by atoms with E-state index in [0.29, 0.717) is 37.6 Å². The molecular weight excluding hydrogens is 278 g/mol. The van der Waals surface area contributed by atoms with Crippen molar-refractivity contribution in [3.63, 3.8) is 0 Å². The summed E-state index contributed by atoms with van der Waals surface area (Å²) in [6, 6.07) is 1.47. The zero-order chi connectivity index (χ0) is 13.4. The third-order valence-electron chi connectivity index (χ3n) is 4.79. The molecule has 3 fully saturated rings. The van der Waals surface area contributed by atoms with Crippen LogP contribution in [-0.4, -0.2) is 47.9 Å². The van der Waals surface area contributed by atoms with Crippen LogP contribution in [0, 0.1) is 5.92 Å². The van der Waals surface area contributed by atoms with Gasteiger partial charge in [-0.25, -0.2) is 0 Å². The maximum absolute atomic E-state index is 12.2. The highest BCUT2D eigenvalue weighted by molar-refractivity contribution is 5.89. The third kappa shape index (κ3) is 3.09. The predicted molar refractivity (Wildman–Crippen MR) is 78.7 cm³/mol. The molecule has 0 aromatic carbocycles. The van der Waals surface area contributed by atoms with Crippen LogP contribution in [-0.2, 0) is 9.59 Å². The highest BCUT2D eigenvalue weighted by Crippen LogP contribution is 2.27. The lowest BCUT2D eigenvalue weighted by Gasteiger charge is -2.30. The Hall–Kier alpha value is -0.810. The van der Waals surface area contributed by atoms with E-state index in [0.717, 1.165) is 12.8 Å². The number of amides is 2. The van der Waals surface area contributed by atoms with E-state index < -0.39 is 0 Å². The van der Waals surface area contributed by atoms with E-state index in [4.69, 9.17) is 0 Å². The van der Waals surface area contributed by atoms with Crippen molar-refractivity contribution in [3.8, 4) is 0 Å². The molecule has 20 heavy (non-hydrogen) atoms. The molecule has 2 bridgehead atoms. The standard InChI is InChI=1S/C14H23N3O2.ClH/c1-2-17-8-9(5-13(17)18)14(19)16-12-6-10-3-4-11(7-12)15-10;/h9-12,15H,2-8H2,1H3,(H,16,19);1H. The van der Waals surface area contributed by atoms with Crippen LogP contribution in [0.25, 0.3) is 0 Å². The summed E-state index contributed by atoms with van der Waals surface area (Å²) in [5, 5.41) is 6.74. The molecule has 3 unspecified atom stereocenters. The van der Waals surface area contributed by atoms with Gasteiger partial charge in [0.05, 0.1) is 5.92 Å². The summed E-state index contributed by atoms with van der Waals surface area (Å²) in [4.78, 5) is 25.7. The Labute approximate surface area is 126 Å². The Morgan fingerprint density at radius 2 is 2.00 bits per heavy atom. The van der Waals surface area contributed by atoms with E-state index in [-0.39, 0.29) is 30.1 Å². The Morgan fingerprint density at radius 3 is 2.55 bits per heavy atom. The molecule has 0 spiro atoms. The number of hydrogen-bond acceptors (Lipinski definition) is 3. The molecular formula is C14H24ClN3O2. The van der Waals surface area contributed by atoms with Crippen molar-refractivity contribution in [2.24, 2.45) is 5.92 Å². The zero-order valence-electron chi connectivity index (χ0n) is 11.9. The minimum atomic E-state index is -0.139. The van der Waals surface area contributed by atoms with Gasteiger partial charge >= 0.3 is 0 Å². The third-order valence-corrected chi connectivity index (χ3v) is 4.79. The molecule has 6 heteroatoms. The second-order valence-corrected chi connectivity index (χ2v) is 6.15. The molecule has 5 nitrogen and oxygen atoms in total. The van der Waals surface area contributed by atoms with Gasteiger partial charge < -0.3 is 15.5 Å². The first kappa shape index (κ1) is 15.6. The molecule has 3 aliphatic heterocycles. The highest BCUT2D eigenvalue weighted by atomic mass is 35.5. The van der Waals surface area contributed by atoms with Crippen LogP contribution in [0.5, 0.6) is 0 Å². The summed E-state index contributed by atoms with van der Waals surface area (Å²) >= 11 is 0. The molecule has 0 aromatic heterocycles. The van der Waals surface area contributed by atoms with Crippen molar-refractivity contribution >= 4 is 24.2 Å². The number of hydrogen-bond donors (Lipinski definition) is 2. The number of piperidine rings is 1. The first-order valence-corrected chi connectivity index (χ1v) is 7.50. The fraction of sp³-hybridized carbons (Fsp3) is 0.857. The normalized spacial score (nSPS) is 35.9. The second kappa shape index (κ2) is 6.31. The van der Waals surface area contributed by atoms with E-state index in [9.17, 15) is 9.59 Å². The number of nitrogens with one attached hydrogen (secondary N) is 2. The van der Waals surface area contributed by atoms with E-state index in [1.807, 2.05) is 6.92 Å². The minimum Gasteiger partial charge on any atom is -0.353 e. The van der Waals surface area contributed by atoms with Crippen molar-refractivity contribution in [2.45, 2.75) is 57.2 Å². The van der Waals surface area contributed by atoms with Crippen LogP contribution >= 0.6 is 12.4 Å². The summed E-state index contributed by atoms with van der Waals surface area (Å²) in [7, 11) is 0. The fourth-order valence-corrected chi connectivity index (χ4v) is 3.75. The summed E-state index contributed by atoms with van der Waals surface area (Å²) in [5.41, 5.74) is 0. The molecule has 114 valence electrons. The quantitative estimate of drug-likeness (QED) is 0.806. The van der Waals surface area contributed by atoms with Gasteiger partial charge in [0, 0.05) is 37.6 Å². The molecule has 3 rings (SSSR count). The topological polar surface area (TPSA) is 61.4 Å². The van der Waals surface area contributed by atoms with Gasteiger partial charge in [-0.3, -0.25) is 9.59 Å². The number of nitrogens with zero attached hydrogens (tertiary/aromatic N) is 1. The smallest absolute Gasteiger partial charge is 0.225 e.